The van der Waals surface area contributed by atoms with Crippen molar-refractivity contribution in [2.75, 3.05) is 20.2 Å². The lowest BCUT2D eigenvalue weighted by atomic mass is 10.1. The molecule has 0 aromatic carbocycles. The van der Waals surface area contributed by atoms with Crippen molar-refractivity contribution in [1.82, 2.24) is 0 Å². The number of aliphatic imine (C=N–C) groups is 2. The van der Waals surface area contributed by atoms with Crippen LogP contribution >= 0.6 is 0 Å². The number of ether oxygens (including phenoxy) is 2. The fourth-order valence-electron chi connectivity index (χ4n) is 2.32. The minimum absolute atomic E-state index is 0.314. The molecule has 0 fully saturated rings. The highest BCUT2D eigenvalue weighted by Crippen LogP contribution is 2.18. The van der Waals surface area contributed by atoms with E-state index in [1.165, 1.54) is 0 Å². The van der Waals surface area contributed by atoms with E-state index in [2.05, 4.69) is 36.3 Å². The quantitative estimate of drug-likeness (QED) is 0.127. The zero-order chi connectivity index (χ0) is 23.5. The third kappa shape index (κ3) is 13.7. The highest BCUT2D eigenvalue weighted by atomic mass is 16.5. The van der Waals surface area contributed by atoms with Crippen LogP contribution in [0.5, 0.6) is 0 Å². The number of rotatable bonds is 15. The Morgan fingerprint density at radius 3 is 1.58 bits per heavy atom. The lowest BCUT2D eigenvalue weighted by Crippen LogP contribution is -2.19. The Balaban J connectivity index is 4.90. The van der Waals surface area contributed by atoms with Gasteiger partial charge in [0.2, 0.25) is 0 Å². The van der Waals surface area contributed by atoms with Crippen LogP contribution in [0.15, 0.2) is 108 Å². The zero-order valence-corrected chi connectivity index (χ0v) is 19.6. The van der Waals surface area contributed by atoms with Crippen molar-refractivity contribution < 1.29 is 9.47 Å². The first-order valence-corrected chi connectivity index (χ1v) is 10.4. The van der Waals surface area contributed by atoms with E-state index >= 15 is 0 Å². The fourth-order valence-corrected chi connectivity index (χ4v) is 2.32. The van der Waals surface area contributed by atoms with Crippen molar-refractivity contribution in [3.63, 3.8) is 0 Å². The van der Waals surface area contributed by atoms with E-state index in [1.54, 1.807) is 37.6 Å². The van der Waals surface area contributed by atoms with E-state index in [9.17, 15) is 0 Å². The summed E-state index contributed by atoms with van der Waals surface area (Å²) in [5.41, 5.74) is 1.41. The van der Waals surface area contributed by atoms with Crippen LogP contribution in [0.4, 0.5) is 0 Å². The molecular formula is C27H38N2O2. The Morgan fingerprint density at radius 2 is 1.23 bits per heavy atom. The van der Waals surface area contributed by atoms with Crippen molar-refractivity contribution in [3.05, 3.63) is 97.6 Å². The summed E-state index contributed by atoms with van der Waals surface area (Å²) >= 11 is 0. The summed E-state index contributed by atoms with van der Waals surface area (Å²) in [6, 6.07) is 0. The third-order valence-corrected chi connectivity index (χ3v) is 3.68. The summed E-state index contributed by atoms with van der Waals surface area (Å²) in [5, 5.41) is 0. The summed E-state index contributed by atoms with van der Waals surface area (Å²) in [6.45, 7) is 22.4. The Labute approximate surface area is 189 Å². The Morgan fingerprint density at radius 1 is 0.774 bits per heavy atom. The smallest absolute Gasteiger partial charge is 0.128 e. The molecule has 0 heterocycles. The average Bonchev–Trinajstić information content (AvgIpc) is 2.73. The molecule has 4 nitrogen and oxygen atoms in total. The molecule has 0 aliphatic rings. The average molecular weight is 423 g/mol. The van der Waals surface area contributed by atoms with Gasteiger partial charge in [-0.05, 0) is 57.9 Å². The van der Waals surface area contributed by atoms with Crippen LogP contribution in [-0.2, 0) is 9.47 Å². The molecule has 0 rings (SSSR count). The van der Waals surface area contributed by atoms with Gasteiger partial charge < -0.3 is 9.47 Å². The maximum atomic E-state index is 5.98. The molecule has 0 saturated heterocycles. The molecule has 0 aromatic heterocycles. The maximum Gasteiger partial charge on any atom is 0.128 e. The van der Waals surface area contributed by atoms with Crippen molar-refractivity contribution in [2.45, 2.75) is 39.2 Å². The first-order valence-electron chi connectivity index (χ1n) is 10.4. The first kappa shape index (κ1) is 27.9. The monoisotopic (exact) mass is 422 g/mol. The van der Waals surface area contributed by atoms with E-state index in [0.29, 0.717) is 24.6 Å². The lowest BCUT2D eigenvalue weighted by Gasteiger charge is -2.22. The molecule has 0 spiro atoms. The molecule has 168 valence electrons. The van der Waals surface area contributed by atoms with Crippen molar-refractivity contribution in [1.29, 1.82) is 0 Å². The van der Waals surface area contributed by atoms with E-state index in [1.807, 2.05) is 51.3 Å². The minimum atomic E-state index is -0.314. The SMILES string of the molecule is C=C\C=C/C(/C=N/CCCC/N=C/C(/C=C\C=C)=C(/C=C)OC(C)(C)C)=C(\C=C)OC. The van der Waals surface area contributed by atoms with Gasteiger partial charge in [-0.2, -0.15) is 0 Å². The summed E-state index contributed by atoms with van der Waals surface area (Å²) in [7, 11) is 1.61. The Kier molecular flexibility index (Phi) is 15.0. The second kappa shape index (κ2) is 16.6. The molecule has 0 atom stereocenters. The second-order valence-electron chi connectivity index (χ2n) is 7.43. The van der Waals surface area contributed by atoms with Gasteiger partial charge in [-0.25, -0.2) is 0 Å². The van der Waals surface area contributed by atoms with Crippen LogP contribution in [0.25, 0.3) is 0 Å². The topological polar surface area (TPSA) is 43.2 Å². The first-order chi connectivity index (χ1) is 14.8. The van der Waals surface area contributed by atoms with Crippen LogP contribution in [0.1, 0.15) is 33.6 Å². The molecule has 0 aromatic rings. The van der Waals surface area contributed by atoms with E-state index < -0.39 is 0 Å². The molecule has 0 unspecified atom stereocenters. The van der Waals surface area contributed by atoms with Gasteiger partial charge in [0.15, 0.2) is 0 Å². The molecular weight excluding hydrogens is 384 g/mol. The van der Waals surface area contributed by atoms with Crippen LogP contribution < -0.4 is 0 Å². The Bertz CT molecular complexity index is 770. The van der Waals surface area contributed by atoms with Gasteiger partial charge in [-0.3, -0.25) is 9.98 Å². The predicted octanol–water partition coefficient (Wildman–Crippen LogP) is 6.73. The summed E-state index contributed by atoms with van der Waals surface area (Å²) < 4.78 is 11.3. The van der Waals surface area contributed by atoms with Crippen LogP contribution in [0, 0.1) is 0 Å². The van der Waals surface area contributed by atoms with Gasteiger partial charge >= 0.3 is 0 Å². The molecule has 0 saturated carbocycles. The zero-order valence-electron chi connectivity index (χ0n) is 19.6. The van der Waals surface area contributed by atoms with Gasteiger partial charge in [-0.15, -0.1) is 0 Å². The number of hydrogen-bond donors (Lipinski definition) is 0. The summed E-state index contributed by atoms with van der Waals surface area (Å²) in [6.07, 6.45) is 19.8. The van der Waals surface area contributed by atoms with Crippen molar-refractivity contribution >= 4 is 12.4 Å². The van der Waals surface area contributed by atoms with Crippen LogP contribution in [0.3, 0.4) is 0 Å². The number of nitrogens with zero attached hydrogens (tertiary/aromatic N) is 2. The molecule has 4 heteroatoms. The molecule has 0 aliphatic heterocycles. The molecule has 0 radical (unpaired) electrons. The summed E-state index contributed by atoms with van der Waals surface area (Å²) in [4.78, 5) is 9.02. The second-order valence-corrected chi connectivity index (χ2v) is 7.43. The van der Waals surface area contributed by atoms with Crippen molar-refractivity contribution in [2.24, 2.45) is 9.98 Å². The number of unbranched alkanes of at least 4 members (excludes halogenated alkanes) is 1. The predicted molar refractivity (Wildman–Crippen MR) is 137 cm³/mol. The number of hydrogen-bond acceptors (Lipinski definition) is 4. The molecule has 0 aliphatic carbocycles. The third-order valence-electron chi connectivity index (χ3n) is 3.68. The van der Waals surface area contributed by atoms with Crippen LogP contribution in [0.2, 0.25) is 0 Å². The fraction of sp³-hybridized carbons (Fsp3) is 0.333. The van der Waals surface area contributed by atoms with Crippen LogP contribution in [-0.4, -0.2) is 38.2 Å². The molecule has 0 N–H and O–H groups in total. The van der Waals surface area contributed by atoms with E-state index in [0.717, 1.165) is 24.0 Å². The van der Waals surface area contributed by atoms with E-state index in [-0.39, 0.29) is 5.60 Å². The molecule has 0 bridgehead atoms. The maximum absolute atomic E-state index is 5.98. The number of allylic oxidation sites excluding steroid dienone is 10. The van der Waals surface area contributed by atoms with Crippen molar-refractivity contribution in [3.8, 4) is 0 Å². The highest BCUT2D eigenvalue weighted by Gasteiger charge is 2.13. The molecule has 0 amide bonds. The van der Waals surface area contributed by atoms with Gasteiger partial charge in [0.05, 0.1) is 7.11 Å². The largest absolute Gasteiger partial charge is 0.496 e. The minimum Gasteiger partial charge on any atom is -0.496 e. The normalized spacial score (nSPS) is 14.1. The van der Waals surface area contributed by atoms with Gasteiger partial charge in [0, 0.05) is 36.7 Å². The van der Waals surface area contributed by atoms with E-state index in [4.69, 9.17) is 9.47 Å². The van der Waals surface area contributed by atoms with Gasteiger partial charge in [0.25, 0.3) is 0 Å². The van der Waals surface area contributed by atoms with Gasteiger partial charge in [0.1, 0.15) is 17.1 Å². The highest BCUT2D eigenvalue weighted by molar-refractivity contribution is 5.84. The number of methoxy groups -OCH3 is 1. The standard InChI is InChI=1S/C27H38N2O2/c1-9-13-17-23(25(11-3)30-8)21-28-19-15-16-20-29-22-24(18-14-10-2)26(12-4)31-27(5,6)7/h9-14,17-18,21-22H,1-4,15-16,19-20H2,5-8H3/b17-13-,18-14-,25-23-,26-24-,28-21+,29-22+. The Hall–Kier alpha value is -3.14. The molecule has 31 heavy (non-hydrogen) atoms. The summed E-state index contributed by atoms with van der Waals surface area (Å²) in [5.74, 6) is 1.37. The lowest BCUT2D eigenvalue weighted by molar-refractivity contribution is 0.0594. The van der Waals surface area contributed by atoms with Gasteiger partial charge in [-0.1, -0.05) is 50.6 Å².